The minimum Gasteiger partial charge on any atom is -0.364 e. The first-order valence-corrected chi connectivity index (χ1v) is 9.00. The second kappa shape index (κ2) is 5.95. The maximum atomic E-state index is 13.1. The lowest BCUT2D eigenvalue weighted by Crippen LogP contribution is -2.35. The highest BCUT2D eigenvalue weighted by molar-refractivity contribution is 7.92. The molecule has 0 saturated carbocycles. The lowest BCUT2D eigenvalue weighted by molar-refractivity contribution is 0.0992. The van der Waals surface area contributed by atoms with Crippen LogP contribution < -0.4 is 10.0 Å². The van der Waals surface area contributed by atoms with Crippen LogP contribution in [-0.2, 0) is 23.6 Å². The number of hydrogen-bond donors (Lipinski definition) is 1. The van der Waals surface area contributed by atoms with Gasteiger partial charge in [-0.15, -0.1) is 0 Å². The molecule has 0 fully saturated rings. The van der Waals surface area contributed by atoms with Gasteiger partial charge in [0, 0.05) is 32.9 Å². The topological polar surface area (TPSA) is 88.6 Å². The molecule has 2 aromatic rings. The number of nitrogens with two attached hydrogens (primary N) is 1. The van der Waals surface area contributed by atoms with E-state index in [-0.39, 0.29) is 10.6 Å². The lowest BCUT2D eigenvalue weighted by atomic mass is 10.2. The standard InChI is InChI=1S/C16H20N4O3S/c1-18-7-8-20(14-6-4-3-5-12(14)10-18)24(22,23)13-9-15(16(17)21)19(2)11-13/h3-6,9,11H,7-8,10H2,1-2H3,(H2,17,21). The van der Waals surface area contributed by atoms with Gasteiger partial charge in [0.2, 0.25) is 0 Å². The third-order valence-electron chi connectivity index (χ3n) is 4.21. The molecule has 1 amide bonds. The van der Waals surface area contributed by atoms with E-state index in [1.165, 1.54) is 21.1 Å². The lowest BCUT2D eigenvalue weighted by Gasteiger charge is -2.23. The molecule has 1 aromatic heterocycles. The summed E-state index contributed by atoms with van der Waals surface area (Å²) in [5.41, 5.74) is 7.08. The Bertz CT molecular complexity index is 888. The number of amides is 1. The van der Waals surface area contributed by atoms with Gasteiger partial charge in [0.05, 0.1) is 5.69 Å². The summed E-state index contributed by atoms with van der Waals surface area (Å²) in [6, 6.07) is 8.79. The fraction of sp³-hybridized carbons (Fsp3) is 0.312. The highest BCUT2D eigenvalue weighted by Gasteiger charge is 2.30. The van der Waals surface area contributed by atoms with Crippen LogP contribution in [0, 0.1) is 0 Å². The third-order valence-corrected chi connectivity index (χ3v) is 5.98. The zero-order valence-corrected chi connectivity index (χ0v) is 14.5. The molecule has 0 atom stereocenters. The molecule has 7 nitrogen and oxygen atoms in total. The number of rotatable bonds is 3. The zero-order valence-electron chi connectivity index (χ0n) is 13.6. The first kappa shape index (κ1) is 16.5. The monoisotopic (exact) mass is 348 g/mol. The largest absolute Gasteiger partial charge is 0.364 e. The molecule has 0 saturated heterocycles. The molecule has 0 unspecified atom stereocenters. The number of benzene rings is 1. The SMILES string of the molecule is CN1CCN(S(=O)(=O)c2cc(C(N)=O)n(C)c2)c2ccccc2C1. The molecule has 3 rings (SSSR count). The Morgan fingerprint density at radius 3 is 2.54 bits per heavy atom. The molecule has 0 radical (unpaired) electrons. The summed E-state index contributed by atoms with van der Waals surface area (Å²) in [6.45, 7) is 1.64. The van der Waals surface area contributed by atoms with Crippen molar-refractivity contribution in [1.29, 1.82) is 0 Å². The Kier molecular flexibility index (Phi) is 4.10. The molecule has 0 bridgehead atoms. The molecule has 1 aliphatic rings. The van der Waals surface area contributed by atoms with Gasteiger partial charge >= 0.3 is 0 Å². The predicted octanol–water partition coefficient (Wildman–Crippen LogP) is 0.765. The molecule has 128 valence electrons. The molecule has 8 heteroatoms. The molecule has 1 aliphatic heterocycles. The van der Waals surface area contributed by atoms with Crippen molar-refractivity contribution in [2.75, 3.05) is 24.4 Å². The first-order chi connectivity index (χ1) is 11.3. The van der Waals surface area contributed by atoms with Crippen LogP contribution in [-0.4, -0.2) is 43.9 Å². The molecular weight excluding hydrogens is 328 g/mol. The number of para-hydroxylation sites is 1. The van der Waals surface area contributed by atoms with Crippen LogP contribution in [0.4, 0.5) is 5.69 Å². The molecule has 0 spiro atoms. The average molecular weight is 348 g/mol. The Morgan fingerprint density at radius 1 is 1.17 bits per heavy atom. The minimum atomic E-state index is -3.78. The molecule has 0 aliphatic carbocycles. The quantitative estimate of drug-likeness (QED) is 0.887. The van der Waals surface area contributed by atoms with Crippen molar-refractivity contribution >= 4 is 21.6 Å². The van der Waals surface area contributed by atoms with E-state index in [9.17, 15) is 13.2 Å². The number of aryl methyl sites for hydroxylation is 1. The molecule has 2 N–H and O–H groups in total. The summed E-state index contributed by atoms with van der Waals surface area (Å²) < 4.78 is 29.1. The van der Waals surface area contributed by atoms with Crippen LogP contribution in [0.1, 0.15) is 16.1 Å². The average Bonchev–Trinajstić information content (AvgIpc) is 2.83. The number of likely N-dealkylation sites (N-methyl/N-ethyl adjacent to an activating group) is 1. The van der Waals surface area contributed by atoms with Crippen LogP contribution in [0.25, 0.3) is 0 Å². The van der Waals surface area contributed by atoms with E-state index < -0.39 is 15.9 Å². The van der Waals surface area contributed by atoms with Gasteiger partial charge in [0.15, 0.2) is 0 Å². The van der Waals surface area contributed by atoms with E-state index in [0.29, 0.717) is 25.3 Å². The van der Waals surface area contributed by atoms with Gasteiger partial charge in [-0.3, -0.25) is 9.10 Å². The second-order valence-electron chi connectivity index (χ2n) is 5.98. The van der Waals surface area contributed by atoms with Crippen molar-refractivity contribution in [3.63, 3.8) is 0 Å². The van der Waals surface area contributed by atoms with Crippen LogP contribution in [0.15, 0.2) is 41.4 Å². The number of primary amides is 1. The second-order valence-corrected chi connectivity index (χ2v) is 7.84. The van der Waals surface area contributed by atoms with Crippen molar-refractivity contribution in [2.45, 2.75) is 11.4 Å². The van der Waals surface area contributed by atoms with Crippen molar-refractivity contribution in [3.05, 3.63) is 47.8 Å². The van der Waals surface area contributed by atoms with E-state index >= 15 is 0 Å². The van der Waals surface area contributed by atoms with Crippen molar-refractivity contribution in [2.24, 2.45) is 12.8 Å². The minimum absolute atomic E-state index is 0.0677. The van der Waals surface area contributed by atoms with Gasteiger partial charge in [-0.05, 0) is 24.7 Å². The van der Waals surface area contributed by atoms with Crippen LogP contribution in [0.5, 0.6) is 0 Å². The number of carbonyl (C=O) groups excluding carboxylic acids is 1. The highest BCUT2D eigenvalue weighted by Crippen LogP contribution is 2.30. The van der Waals surface area contributed by atoms with Crippen LogP contribution in [0.2, 0.25) is 0 Å². The molecule has 24 heavy (non-hydrogen) atoms. The van der Waals surface area contributed by atoms with Gasteiger partial charge in [-0.1, -0.05) is 18.2 Å². The van der Waals surface area contributed by atoms with E-state index in [4.69, 9.17) is 5.73 Å². The van der Waals surface area contributed by atoms with E-state index in [1.54, 1.807) is 7.05 Å². The van der Waals surface area contributed by atoms with Gasteiger partial charge in [-0.25, -0.2) is 8.42 Å². The molecular formula is C16H20N4O3S. The predicted molar refractivity (Wildman–Crippen MR) is 91.2 cm³/mol. The highest BCUT2D eigenvalue weighted by atomic mass is 32.2. The number of hydrogen-bond acceptors (Lipinski definition) is 4. The van der Waals surface area contributed by atoms with Crippen molar-refractivity contribution in [3.8, 4) is 0 Å². The van der Waals surface area contributed by atoms with E-state index in [0.717, 1.165) is 5.56 Å². The van der Waals surface area contributed by atoms with E-state index in [2.05, 4.69) is 4.90 Å². The molecule has 1 aromatic carbocycles. The zero-order chi connectivity index (χ0) is 17.5. The maximum Gasteiger partial charge on any atom is 0.265 e. The van der Waals surface area contributed by atoms with Crippen molar-refractivity contribution < 1.29 is 13.2 Å². The Labute approximate surface area is 141 Å². The number of sulfonamides is 1. The Hall–Kier alpha value is -2.32. The normalized spacial score (nSPS) is 15.8. The first-order valence-electron chi connectivity index (χ1n) is 7.56. The van der Waals surface area contributed by atoms with Crippen molar-refractivity contribution in [1.82, 2.24) is 9.47 Å². The van der Waals surface area contributed by atoms with E-state index in [1.807, 2.05) is 31.3 Å². The van der Waals surface area contributed by atoms with Gasteiger partial charge in [0.1, 0.15) is 10.6 Å². The van der Waals surface area contributed by atoms with Gasteiger partial charge in [-0.2, -0.15) is 0 Å². The van der Waals surface area contributed by atoms with Crippen LogP contribution >= 0.6 is 0 Å². The number of anilines is 1. The number of fused-ring (bicyclic) bond motifs is 1. The smallest absolute Gasteiger partial charge is 0.265 e. The number of aromatic nitrogens is 1. The summed E-state index contributed by atoms with van der Waals surface area (Å²) in [5.74, 6) is -0.657. The van der Waals surface area contributed by atoms with Gasteiger partial charge < -0.3 is 15.2 Å². The summed E-state index contributed by atoms with van der Waals surface area (Å²) in [7, 11) is -0.220. The van der Waals surface area contributed by atoms with Gasteiger partial charge in [0.25, 0.3) is 15.9 Å². The number of carbonyl (C=O) groups is 1. The Balaban J connectivity index is 2.10. The van der Waals surface area contributed by atoms with Crippen LogP contribution in [0.3, 0.4) is 0 Å². The summed E-state index contributed by atoms with van der Waals surface area (Å²) in [6.07, 6.45) is 1.42. The Morgan fingerprint density at radius 2 is 1.88 bits per heavy atom. The fourth-order valence-corrected chi connectivity index (χ4v) is 4.50. The summed E-state index contributed by atoms with van der Waals surface area (Å²) in [5, 5.41) is 0. The third kappa shape index (κ3) is 2.78. The maximum absolute atomic E-state index is 13.1. The molecule has 2 heterocycles. The number of nitrogens with zero attached hydrogens (tertiary/aromatic N) is 3. The summed E-state index contributed by atoms with van der Waals surface area (Å²) >= 11 is 0. The fourth-order valence-electron chi connectivity index (χ4n) is 2.94. The summed E-state index contributed by atoms with van der Waals surface area (Å²) in [4.78, 5) is 13.6.